The summed E-state index contributed by atoms with van der Waals surface area (Å²) in [4.78, 5) is 35.3. The molecule has 0 aliphatic heterocycles. The number of para-hydroxylation sites is 2. The Bertz CT molecular complexity index is 1170. The molecule has 0 unspecified atom stereocenters. The summed E-state index contributed by atoms with van der Waals surface area (Å²) in [6.45, 7) is 1.84. The van der Waals surface area contributed by atoms with E-state index in [9.17, 15) is 19.7 Å². The second kappa shape index (κ2) is 9.60. The van der Waals surface area contributed by atoms with Crippen LogP contribution in [-0.2, 0) is 11.8 Å². The fraction of sp³-hybridized carbons (Fsp3) is 0.190. The fourth-order valence-corrected chi connectivity index (χ4v) is 2.82. The lowest BCUT2D eigenvalue weighted by Crippen LogP contribution is -2.13. The molecule has 11 heteroatoms. The highest BCUT2D eigenvalue weighted by molar-refractivity contribution is 6.04. The molecule has 1 amide bonds. The van der Waals surface area contributed by atoms with Crippen LogP contribution in [0.25, 0.3) is 0 Å². The van der Waals surface area contributed by atoms with Gasteiger partial charge in [0.15, 0.2) is 17.2 Å². The molecule has 0 aliphatic rings. The molecule has 1 heterocycles. The van der Waals surface area contributed by atoms with Gasteiger partial charge in [-0.1, -0.05) is 12.1 Å². The first-order valence-electron chi connectivity index (χ1n) is 9.45. The summed E-state index contributed by atoms with van der Waals surface area (Å²) in [5, 5.41) is 17.9. The number of aromatic nitrogens is 2. The topological polar surface area (TPSA) is 135 Å². The minimum atomic E-state index is -0.667. The van der Waals surface area contributed by atoms with Crippen molar-refractivity contribution in [1.29, 1.82) is 0 Å². The lowest BCUT2D eigenvalue weighted by molar-refractivity contribution is -0.384. The van der Waals surface area contributed by atoms with E-state index in [-0.39, 0.29) is 35.1 Å². The normalized spacial score (nSPS) is 10.3. The first-order valence-corrected chi connectivity index (χ1v) is 9.45. The number of nitro groups is 1. The molecule has 3 aromatic rings. The molecule has 0 radical (unpaired) electrons. The lowest BCUT2D eigenvalue weighted by Gasteiger charge is -2.11. The Morgan fingerprint density at radius 2 is 1.88 bits per heavy atom. The second-order valence-corrected chi connectivity index (χ2v) is 6.44. The fourth-order valence-electron chi connectivity index (χ4n) is 2.82. The number of hydrogen-bond acceptors (Lipinski definition) is 8. The molecule has 11 nitrogen and oxygen atoms in total. The van der Waals surface area contributed by atoms with E-state index in [1.165, 1.54) is 43.1 Å². The van der Waals surface area contributed by atoms with Crippen LogP contribution in [0.2, 0.25) is 0 Å². The van der Waals surface area contributed by atoms with E-state index in [0.29, 0.717) is 11.5 Å². The number of amides is 1. The third-order valence-corrected chi connectivity index (χ3v) is 4.25. The Morgan fingerprint density at radius 1 is 1.16 bits per heavy atom. The van der Waals surface area contributed by atoms with Crippen LogP contribution in [-0.4, -0.2) is 40.3 Å². The minimum absolute atomic E-state index is 0.0609. The highest BCUT2D eigenvalue weighted by atomic mass is 16.6. The SMILES string of the molecule is CCOC(=O)c1cc(C(=O)Nc2cc(Oc3ccccc3OC)cc([N+](=O)[O-])c2)nn1C. The van der Waals surface area contributed by atoms with Gasteiger partial charge in [0.25, 0.3) is 11.6 Å². The predicted molar refractivity (Wildman–Crippen MR) is 113 cm³/mol. The van der Waals surface area contributed by atoms with Crippen molar-refractivity contribution in [3.05, 3.63) is 70.0 Å². The molecule has 0 atom stereocenters. The minimum Gasteiger partial charge on any atom is -0.493 e. The van der Waals surface area contributed by atoms with Gasteiger partial charge in [-0.3, -0.25) is 19.6 Å². The van der Waals surface area contributed by atoms with Crippen LogP contribution in [0.5, 0.6) is 17.2 Å². The number of aryl methyl sites for hydroxylation is 1. The summed E-state index contributed by atoms with van der Waals surface area (Å²) >= 11 is 0. The number of rotatable bonds is 8. The number of benzene rings is 2. The van der Waals surface area contributed by atoms with E-state index < -0.39 is 16.8 Å². The predicted octanol–water partition coefficient (Wildman–Crippen LogP) is 3.56. The van der Waals surface area contributed by atoms with E-state index in [2.05, 4.69) is 10.4 Å². The molecular formula is C21H20N4O7. The highest BCUT2D eigenvalue weighted by Gasteiger charge is 2.20. The zero-order chi connectivity index (χ0) is 23.3. The number of carbonyl (C=O) groups is 2. The van der Waals surface area contributed by atoms with Gasteiger partial charge in [-0.25, -0.2) is 4.79 Å². The molecule has 2 aromatic carbocycles. The molecule has 0 fully saturated rings. The van der Waals surface area contributed by atoms with E-state index in [1.807, 2.05) is 0 Å². The molecule has 166 valence electrons. The van der Waals surface area contributed by atoms with Crippen LogP contribution in [0.3, 0.4) is 0 Å². The molecule has 32 heavy (non-hydrogen) atoms. The maximum absolute atomic E-state index is 12.6. The third-order valence-electron chi connectivity index (χ3n) is 4.25. The summed E-state index contributed by atoms with van der Waals surface area (Å²) < 4.78 is 17.1. The largest absolute Gasteiger partial charge is 0.493 e. The molecule has 0 spiro atoms. The van der Waals surface area contributed by atoms with Gasteiger partial charge in [0, 0.05) is 25.2 Å². The Kier molecular flexibility index (Phi) is 6.68. The molecule has 3 rings (SSSR count). The summed E-state index contributed by atoms with van der Waals surface area (Å²) in [5.41, 5.74) is -0.149. The summed E-state index contributed by atoms with van der Waals surface area (Å²) in [7, 11) is 2.97. The number of nitrogens with zero attached hydrogens (tertiary/aromatic N) is 3. The van der Waals surface area contributed by atoms with E-state index in [4.69, 9.17) is 14.2 Å². The van der Waals surface area contributed by atoms with Crippen molar-refractivity contribution < 1.29 is 28.7 Å². The van der Waals surface area contributed by atoms with Crippen molar-refractivity contribution in [2.45, 2.75) is 6.92 Å². The van der Waals surface area contributed by atoms with Crippen molar-refractivity contribution in [3.8, 4) is 17.2 Å². The molecular weight excluding hydrogens is 420 g/mol. The molecule has 0 saturated carbocycles. The molecule has 1 N–H and O–H groups in total. The van der Waals surface area contributed by atoms with E-state index >= 15 is 0 Å². The number of methoxy groups -OCH3 is 1. The van der Waals surface area contributed by atoms with Gasteiger partial charge in [-0.05, 0) is 19.1 Å². The summed E-state index contributed by atoms with van der Waals surface area (Å²) in [6, 6.07) is 11.9. The number of hydrogen-bond donors (Lipinski definition) is 1. The summed E-state index contributed by atoms with van der Waals surface area (Å²) in [5.74, 6) is -0.391. The lowest BCUT2D eigenvalue weighted by atomic mass is 10.2. The van der Waals surface area contributed by atoms with Gasteiger partial charge >= 0.3 is 5.97 Å². The smallest absolute Gasteiger partial charge is 0.356 e. The maximum Gasteiger partial charge on any atom is 0.356 e. The number of esters is 1. The van der Waals surface area contributed by atoms with Gasteiger partial charge in [-0.15, -0.1) is 0 Å². The standard InChI is InChI=1S/C21H20N4O7/c1-4-31-21(27)17-12-16(23-24(17)2)20(26)22-13-9-14(25(28)29)11-15(10-13)32-19-8-6-5-7-18(19)30-3/h5-12H,4H2,1-3H3,(H,22,26). The van der Waals surface area contributed by atoms with Gasteiger partial charge in [0.1, 0.15) is 11.4 Å². The van der Waals surface area contributed by atoms with Crippen LogP contribution >= 0.6 is 0 Å². The zero-order valence-electron chi connectivity index (χ0n) is 17.5. The van der Waals surface area contributed by atoms with Crippen molar-refractivity contribution >= 4 is 23.3 Å². The van der Waals surface area contributed by atoms with Crippen molar-refractivity contribution in [2.24, 2.45) is 7.05 Å². The van der Waals surface area contributed by atoms with Gasteiger partial charge in [-0.2, -0.15) is 5.10 Å². The molecule has 0 bridgehead atoms. The summed E-state index contributed by atoms with van der Waals surface area (Å²) in [6.07, 6.45) is 0. The number of anilines is 1. The first kappa shape index (κ1) is 22.3. The Morgan fingerprint density at radius 3 is 2.53 bits per heavy atom. The van der Waals surface area contributed by atoms with Crippen molar-refractivity contribution in [1.82, 2.24) is 9.78 Å². The number of nitrogens with one attached hydrogen (secondary N) is 1. The van der Waals surface area contributed by atoms with Gasteiger partial charge in [0.2, 0.25) is 0 Å². The zero-order valence-corrected chi connectivity index (χ0v) is 17.5. The number of carbonyl (C=O) groups excluding carboxylic acids is 2. The van der Waals surface area contributed by atoms with E-state index in [0.717, 1.165) is 0 Å². The average Bonchev–Trinajstić information content (AvgIpc) is 3.16. The van der Waals surface area contributed by atoms with Gasteiger partial charge in [0.05, 0.1) is 30.4 Å². The third kappa shape index (κ3) is 5.01. The Hall–Kier alpha value is -4.41. The average molecular weight is 440 g/mol. The van der Waals surface area contributed by atoms with Crippen LogP contribution in [0.15, 0.2) is 48.5 Å². The highest BCUT2D eigenvalue weighted by Crippen LogP contribution is 2.34. The van der Waals surface area contributed by atoms with Crippen molar-refractivity contribution in [2.75, 3.05) is 19.0 Å². The Balaban J connectivity index is 1.88. The van der Waals surface area contributed by atoms with Crippen LogP contribution in [0.1, 0.15) is 27.9 Å². The van der Waals surface area contributed by atoms with Crippen molar-refractivity contribution in [3.63, 3.8) is 0 Å². The molecule has 0 saturated heterocycles. The number of ether oxygens (including phenoxy) is 3. The Labute approximate surface area is 182 Å². The van der Waals surface area contributed by atoms with Crippen LogP contribution in [0, 0.1) is 10.1 Å². The number of nitro benzene ring substituents is 1. The molecule has 0 aliphatic carbocycles. The first-order chi connectivity index (χ1) is 15.3. The quantitative estimate of drug-likeness (QED) is 0.319. The second-order valence-electron chi connectivity index (χ2n) is 6.44. The molecule has 1 aromatic heterocycles. The number of non-ortho nitro benzene ring substituents is 1. The van der Waals surface area contributed by atoms with E-state index in [1.54, 1.807) is 31.2 Å². The van der Waals surface area contributed by atoms with Gasteiger partial charge < -0.3 is 19.5 Å². The van der Waals surface area contributed by atoms with Crippen LogP contribution in [0.4, 0.5) is 11.4 Å². The van der Waals surface area contributed by atoms with Crippen LogP contribution < -0.4 is 14.8 Å². The monoisotopic (exact) mass is 440 g/mol. The maximum atomic E-state index is 12.6.